The van der Waals surface area contributed by atoms with Crippen molar-refractivity contribution in [3.8, 4) is 0 Å². The molecule has 1 N–H and O–H groups in total. The molecule has 0 bridgehead atoms. The molecule has 0 aliphatic rings. The van der Waals surface area contributed by atoms with Crippen molar-refractivity contribution in [2.45, 2.75) is 19.4 Å². The number of halogens is 1. The van der Waals surface area contributed by atoms with Crippen LogP contribution in [0.1, 0.15) is 19.4 Å². The van der Waals surface area contributed by atoms with Gasteiger partial charge in [0.05, 0.1) is 5.60 Å². The van der Waals surface area contributed by atoms with Gasteiger partial charge in [0.25, 0.3) is 0 Å². The van der Waals surface area contributed by atoms with E-state index in [-0.39, 0.29) is 18.3 Å². The molecule has 18 heavy (non-hydrogen) atoms. The summed E-state index contributed by atoms with van der Waals surface area (Å²) in [6.07, 6.45) is 3.02. The van der Waals surface area contributed by atoms with Gasteiger partial charge in [0.1, 0.15) is 5.82 Å². The smallest absolute Gasteiger partial charge is 0.246 e. The second kappa shape index (κ2) is 5.78. The number of aliphatic hydroxyl groups is 1. The Balaban J connectivity index is 2.61. The quantitative estimate of drug-likeness (QED) is 0.832. The molecule has 0 fully saturated rings. The molecule has 0 radical (unpaired) electrons. The summed E-state index contributed by atoms with van der Waals surface area (Å²) >= 11 is 0. The van der Waals surface area contributed by atoms with Crippen molar-refractivity contribution >= 4 is 12.0 Å². The van der Waals surface area contributed by atoms with Gasteiger partial charge >= 0.3 is 0 Å². The maximum absolute atomic E-state index is 12.7. The number of carbonyl (C=O) groups is 1. The zero-order chi connectivity index (χ0) is 13.8. The molecule has 4 heteroatoms. The SMILES string of the molecule is CN(CC(C)(C)O)C(=O)C=Cc1ccc(F)cc1. The average Bonchev–Trinajstić information content (AvgIpc) is 2.25. The van der Waals surface area contributed by atoms with Gasteiger partial charge in [0.15, 0.2) is 0 Å². The molecule has 3 nitrogen and oxygen atoms in total. The van der Waals surface area contributed by atoms with Crippen LogP contribution in [-0.2, 0) is 4.79 Å². The first kappa shape index (κ1) is 14.4. The lowest BCUT2D eigenvalue weighted by molar-refractivity contribution is -0.127. The molecular formula is C14H18FNO2. The van der Waals surface area contributed by atoms with Gasteiger partial charge < -0.3 is 10.0 Å². The predicted molar refractivity (Wildman–Crippen MR) is 69.4 cm³/mol. The van der Waals surface area contributed by atoms with E-state index in [0.717, 1.165) is 5.56 Å². The van der Waals surface area contributed by atoms with Gasteiger partial charge in [-0.05, 0) is 37.6 Å². The minimum atomic E-state index is -0.922. The first-order valence-electron chi connectivity index (χ1n) is 5.69. The molecular weight excluding hydrogens is 233 g/mol. The van der Waals surface area contributed by atoms with Crippen molar-refractivity contribution in [1.82, 2.24) is 4.90 Å². The third-order valence-corrected chi connectivity index (χ3v) is 2.29. The second-order valence-electron chi connectivity index (χ2n) is 4.89. The molecule has 0 unspecified atom stereocenters. The Labute approximate surface area is 107 Å². The monoisotopic (exact) mass is 251 g/mol. The van der Waals surface area contributed by atoms with Gasteiger partial charge in [-0.15, -0.1) is 0 Å². The number of hydrogen-bond donors (Lipinski definition) is 1. The van der Waals surface area contributed by atoms with E-state index in [1.165, 1.54) is 23.1 Å². The highest BCUT2D eigenvalue weighted by atomic mass is 19.1. The van der Waals surface area contributed by atoms with Gasteiger partial charge in [-0.25, -0.2) is 4.39 Å². The Morgan fingerprint density at radius 1 is 1.39 bits per heavy atom. The highest BCUT2D eigenvalue weighted by Crippen LogP contribution is 2.07. The molecule has 0 atom stereocenters. The summed E-state index contributed by atoms with van der Waals surface area (Å²) in [6, 6.07) is 5.86. The summed E-state index contributed by atoms with van der Waals surface area (Å²) in [4.78, 5) is 13.1. The summed E-state index contributed by atoms with van der Waals surface area (Å²) in [7, 11) is 1.62. The van der Waals surface area contributed by atoms with Crippen LogP contribution in [0.15, 0.2) is 30.3 Å². The first-order chi connectivity index (χ1) is 8.28. The molecule has 98 valence electrons. The van der Waals surface area contributed by atoms with Crippen LogP contribution < -0.4 is 0 Å². The van der Waals surface area contributed by atoms with Crippen LogP contribution in [0.25, 0.3) is 6.08 Å². The molecule has 0 aliphatic carbocycles. The van der Waals surface area contributed by atoms with E-state index in [9.17, 15) is 14.3 Å². The van der Waals surface area contributed by atoms with Crippen LogP contribution in [-0.4, -0.2) is 35.1 Å². The van der Waals surface area contributed by atoms with Gasteiger partial charge in [0, 0.05) is 19.7 Å². The fraction of sp³-hybridized carbons (Fsp3) is 0.357. The largest absolute Gasteiger partial charge is 0.389 e. The van der Waals surface area contributed by atoms with Crippen molar-refractivity contribution in [2.24, 2.45) is 0 Å². The lowest BCUT2D eigenvalue weighted by Gasteiger charge is -2.24. The fourth-order valence-corrected chi connectivity index (χ4v) is 1.53. The zero-order valence-electron chi connectivity index (χ0n) is 10.9. The Kier molecular flexibility index (Phi) is 4.62. The molecule has 1 amide bonds. The number of likely N-dealkylation sites (N-methyl/N-ethyl adjacent to an activating group) is 1. The molecule has 0 saturated carbocycles. The van der Waals surface area contributed by atoms with Crippen molar-refractivity contribution in [1.29, 1.82) is 0 Å². The molecule has 0 aliphatic heterocycles. The summed E-state index contributed by atoms with van der Waals surface area (Å²) in [5, 5.41) is 9.59. The fourth-order valence-electron chi connectivity index (χ4n) is 1.53. The number of carbonyl (C=O) groups excluding carboxylic acids is 1. The Morgan fingerprint density at radius 2 is 1.94 bits per heavy atom. The Morgan fingerprint density at radius 3 is 2.44 bits per heavy atom. The van der Waals surface area contributed by atoms with E-state index in [0.29, 0.717) is 0 Å². The third-order valence-electron chi connectivity index (χ3n) is 2.29. The maximum atomic E-state index is 12.7. The first-order valence-corrected chi connectivity index (χ1v) is 5.69. The van der Waals surface area contributed by atoms with Crippen LogP contribution in [0.4, 0.5) is 4.39 Å². The number of hydrogen-bond acceptors (Lipinski definition) is 2. The van der Waals surface area contributed by atoms with Gasteiger partial charge in [0.2, 0.25) is 5.91 Å². The Hall–Kier alpha value is -1.68. The summed E-state index contributed by atoms with van der Waals surface area (Å²) in [5.41, 5.74) is -0.171. The van der Waals surface area contributed by atoms with E-state index in [1.807, 2.05) is 0 Å². The lowest BCUT2D eigenvalue weighted by atomic mass is 10.1. The van der Waals surface area contributed by atoms with Crippen molar-refractivity contribution in [3.05, 3.63) is 41.7 Å². The summed E-state index contributed by atoms with van der Waals surface area (Å²) < 4.78 is 12.7. The van der Waals surface area contributed by atoms with E-state index in [4.69, 9.17) is 0 Å². The van der Waals surface area contributed by atoms with Gasteiger partial charge in [-0.2, -0.15) is 0 Å². The minimum Gasteiger partial charge on any atom is -0.389 e. The van der Waals surface area contributed by atoms with Crippen LogP contribution in [0, 0.1) is 5.82 Å². The van der Waals surface area contributed by atoms with Crippen molar-refractivity contribution in [3.63, 3.8) is 0 Å². The van der Waals surface area contributed by atoms with E-state index in [1.54, 1.807) is 39.1 Å². The predicted octanol–water partition coefficient (Wildman–Crippen LogP) is 2.07. The Bertz CT molecular complexity index is 432. The molecule has 1 aromatic carbocycles. The van der Waals surface area contributed by atoms with Crippen LogP contribution in [0.3, 0.4) is 0 Å². The standard InChI is InChI=1S/C14H18FNO2/c1-14(2,18)10-16(3)13(17)9-6-11-4-7-12(15)8-5-11/h4-9,18H,10H2,1-3H3. The maximum Gasteiger partial charge on any atom is 0.246 e. The van der Waals surface area contributed by atoms with Crippen LogP contribution >= 0.6 is 0 Å². The van der Waals surface area contributed by atoms with E-state index in [2.05, 4.69) is 0 Å². The number of benzene rings is 1. The van der Waals surface area contributed by atoms with Crippen LogP contribution in [0.5, 0.6) is 0 Å². The van der Waals surface area contributed by atoms with Crippen molar-refractivity contribution < 1.29 is 14.3 Å². The third kappa shape index (κ3) is 5.10. The number of amides is 1. The topological polar surface area (TPSA) is 40.5 Å². The highest BCUT2D eigenvalue weighted by molar-refractivity contribution is 5.91. The molecule has 1 rings (SSSR count). The molecule has 0 spiro atoms. The van der Waals surface area contributed by atoms with E-state index >= 15 is 0 Å². The summed E-state index contributed by atoms with van der Waals surface area (Å²) in [6.45, 7) is 3.53. The van der Waals surface area contributed by atoms with Crippen LogP contribution in [0.2, 0.25) is 0 Å². The molecule has 1 aromatic rings. The highest BCUT2D eigenvalue weighted by Gasteiger charge is 2.17. The average molecular weight is 251 g/mol. The second-order valence-corrected chi connectivity index (χ2v) is 4.89. The number of rotatable bonds is 4. The number of nitrogens with zero attached hydrogens (tertiary/aromatic N) is 1. The normalized spacial score (nSPS) is 11.8. The molecule has 0 heterocycles. The van der Waals surface area contributed by atoms with Gasteiger partial charge in [-0.3, -0.25) is 4.79 Å². The zero-order valence-corrected chi connectivity index (χ0v) is 10.9. The van der Waals surface area contributed by atoms with Gasteiger partial charge in [-0.1, -0.05) is 12.1 Å². The molecule has 0 aromatic heterocycles. The molecule has 0 saturated heterocycles. The van der Waals surface area contributed by atoms with Crippen molar-refractivity contribution in [2.75, 3.05) is 13.6 Å². The lowest BCUT2D eigenvalue weighted by Crippen LogP contribution is -2.38. The van der Waals surface area contributed by atoms with E-state index < -0.39 is 5.60 Å². The minimum absolute atomic E-state index is 0.207. The summed E-state index contributed by atoms with van der Waals surface area (Å²) in [5.74, 6) is -0.515.